The molecule has 1 amide bonds. The summed E-state index contributed by atoms with van der Waals surface area (Å²) in [6.07, 6.45) is 0. The maximum atomic E-state index is 12.1. The van der Waals surface area contributed by atoms with E-state index in [0.717, 1.165) is 0 Å². The van der Waals surface area contributed by atoms with Gasteiger partial charge in [0, 0.05) is 5.56 Å². The topological polar surface area (TPSA) is 79.6 Å². The van der Waals surface area contributed by atoms with E-state index in [1.54, 1.807) is 48.5 Å². The first-order valence-corrected chi connectivity index (χ1v) is 7.35. The fraction of sp³-hybridized carbons (Fsp3) is 0.167. The number of esters is 1. The Morgan fingerprint density at radius 2 is 1.96 bits per heavy atom. The van der Waals surface area contributed by atoms with Gasteiger partial charge in [0.1, 0.15) is 18.9 Å². The SMILES string of the molecule is N#Cc1ccccc1COC(=O)CN1C(=O)COc2ccccc21. The van der Waals surface area contributed by atoms with Crippen LogP contribution >= 0.6 is 0 Å². The van der Waals surface area contributed by atoms with Gasteiger partial charge in [-0.25, -0.2) is 0 Å². The highest BCUT2D eigenvalue weighted by Crippen LogP contribution is 2.31. The molecule has 0 unspecified atom stereocenters. The molecular weight excluding hydrogens is 308 g/mol. The molecular formula is C18H14N2O4. The predicted octanol–water partition coefficient (Wildman–Crippen LogP) is 2.03. The van der Waals surface area contributed by atoms with Gasteiger partial charge in [-0.15, -0.1) is 0 Å². The molecule has 0 fully saturated rings. The number of para-hydroxylation sites is 2. The molecule has 0 bridgehead atoms. The highest BCUT2D eigenvalue weighted by atomic mass is 16.5. The summed E-state index contributed by atoms with van der Waals surface area (Å²) in [4.78, 5) is 25.5. The number of amides is 1. The highest BCUT2D eigenvalue weighted by molar-refractivity contribution is 6.01. The molecule has 2 aromatic carbocycles. The van der Waals surface area contributed by atoms with Gasteiger partial charge in [-0.3, -0.25) is 14.5 Å². The second-order valence-electron chi connectivity index (χ2n) is 5.17. The van der Waals surface area contributed by atoms with Gasteiger partial charge in [0.25, 0.3) is 5.91 Å². The third-order valence-electron chi connectivity index (χ3n) is 3.62. The van der Waals surface area contributed by atoms with E-state index < -0.39 is 5.97 Å². The summed E-state index contributed by atoms with van der Waals surface area (Å²) in [5, 5.41) is 9.03. The van der Waals surface area contributed by atoms with Gasteiger partial charge in [-0.2, -0.15) is 5.26 Å². The number of hydrogen-bond acceptors (Lipinski definition) is 5. The molecule has 3 rings (SSSR count). The van der Waals surface area contributed by atoms with E-state index in [0.29, 0.717) is 22.6 Å². The van der Waals surface area contributed by atoms with Gasteiger partial charge in [0.2, 0.25) is 0 Å². The lowest BCUT2D eigenvalue weighted by molar-refractivity contribution is -0.144. The van der Waals surface area contributed by atoms with Gasteiger partial charge < -0.3 is 9.47 Å². The van der Waals surface area contributed by atoms with E-state index in [1.165, 1.54) is 4.90 Å². The molecule has 0 aliphatic carbocycles. The molecule has 120 valence electrons. The van der Waals surface area contributed by atoms with Crippen molar-refractivity contribution in [2.45, 2.75) is 6.61 Å². The first-order chi connectivity index (χ1) is 11.7. The second-order valence-corrected chi connectivity index (χ2v) is 5.17. The summed E-state index contributed by atoms with van der Waals surface area (Å²) in [7, 11) is 0. The molecule has 0 radical (unpaired) electrons. The third-order valence-corrected chi connectivity index (χ3v) is 3.62. The monoisotopic (exact) mass is 322 g/mol. The van der Waals surface area contributed by atoms with Crippen LogP contribution in [0.15, 0.2) is 48.5 Å². The molecule has 0 spiro atoms. The van der Waals surface area contributed by atoms with Crippen LogP contribution in [0.4, 0.5) is 5.69 Å². The fourth-order valence-corrected chi connectivity index (χ4v) is 2.42. The standard InChI is InChI=1S/C18H14N2O4/c19-9-13-5-1-2-6-14(13)11-24-18(22)10-20-15-7-3-4-8-16(15)23-12-17(20)21/h1-8H,10-12H2. The maximum absolute atomic E-state index is 12.1. The number of nitrogens with zero attached hydrogens (tertiary/aromatic N) is 2. The Morgan fingerprint density at radius 3 is 2.79 bits per heavy atom. The van der Waals surface area contributed by atoms with Crippen LogP contribution in [0.2, 0.25) is 0 Å². The zero-order valence-electron chi connectivity index (χ0n) is 12.8. The molecule has 0 saturated heterocycles. The van der Waals surface area contributed by atoms with Crippen LogP contribution in [-0.4, -0.2) is 25.0 Å². The largest absolute Gasteiger partial charge is 0.482 e. The summed E-state index contributed by atoms with van der Waals surface area (Å²) in [5.41, 5.74) is 1.63. The third kappa shape index (κ3) is 3.20. The van der Waals surface area contributed by atoms with E-state index in [4.69, 9.17) is 14.7 Å². The minimum atomic E-state index is -0.548. The zero-order chi connectivity index (χ0) is 16.9. The summed E-state index contributed by atoms with van der Waals surface area (Å²) in [6, 6.07) is 16.0. The lowest BCUT2D eigenvalue weighted by atomic mass is 10.1. The second kappa shape index (κ2) is 6.84. The van der Waals surface area contributed by atoms with Crippen LogP contribution in [0.3, 0.4) is 0 Å². The molecule has 24 heavy (non-hydrogen) atoms. The number of ether oxygens (including phenoxy) is 2. The molecule has 0 N–H and O–H groups in total. The van der Waals surface area contributed by atoms with Crippen molar-refractivity contribution in [3.05, 3.63) is 59.7 Å². The zero-order valence-corrected chi connectivity index (χ0v) is 12.8. The summed E-state index contributed by atoms with van der Waals surface area (Å²) < 4.78 is 10.5. The Labute approximate surface area is 138 Å². The molecule has 0 atom stereocenters. The molecule has 1 aliphatic rings. The predicted molar refractivity (Wildman–Crippen MR) is 85.2 cm³/mol. The van der Waals surface area contributed by atoms with Crippen molar-refractivity contribution in [1.29, 1.82) is 5.26 Å². The molecule has 2 aromatic rings. The Bertz CT molecular complexity index is 826. The van der Waals surface area contributed by atoms with Crippen LogP contribution in [0.1, 0.15) is 11.1 Å². The summed E-state index contributed by atoms with van der Waals surface area (Å²) in [5.74, 6) is -0.296. The molecule has 0 saturated carbocycles. The molecule has 1 aliphatic heterocycles. The van der Waals surface area contributed by atoms with Crippen LogP contribution in [-0.2, 0) is 20.9 Å². The van der Waals surface area contributed by atoms with Crippen LogP contribution in [0.25, 0.3) is 0 Å². The van der Waals surface area contributed by atoms with Gasteiger partial charge in [-0.1, -0.05) is 30.3 Å². The minimum Gasteiger partial charge on any atom is -0.482 e. The van der Waals surface area contributed by atoms with Crippen molar-refractivity contribution in [3.8, 4) is 11.8 Å². The van der Waals surface area contributed by atoms with E-state index >= 15 is 0 Å². The van der Waals surface area contributed by atoms with Gasteiger partial charge in [-0.05, 0) is 18.2 Å². The van der Waals surface area contributed by atoms with Crippen LogP contribution < -0.4 is 9.64 Å². The first kappa shape index (κ1) is 15.6. The number of hydrogen-bond donors (Lipinski definition) is 0. The number of rotatable bonds is 4. The van der Waals surface area contributed by atoms with Crippen LogP contribution in [0, 0.1) is 11.3 Å². The van der Waals surface area contributed by atoms with Crippen LogP contribution in [0.5, 0.6) is 5.75 Å². The highest BCUT2D eigenvalue weighted by Gasteiger charge is 2.27. The number of carbonyl (C=O) groups excluding carboxylic acids is 2. The number of anilines is 1. The Morgan fingerprint density at radius 1 is 1.21 bits per heavy atom. The Hall–Kier alpha value is -3.33. The van der Waals surface area contributed by atoms with Crippen molar-refractivity contribution in [1.82, 2.24) is 0 Å². The summed E-state index contributed by atoms with van der Waals surface area (Å²) in [6.45, 7) is -0.321. The van der Waals surface area contributed by atoms with Gasteiger partial charge in [0.05, 0.1) is 17.3 Å². The quantitative estimate of drug-likeness (QED) is 0.805. The van der Waals surface area contributed by atoms with Gasteiger partial charge >= 0.3 is 5.97 Å². The first-order valence-electron chi connectivity index (χ1n) is 7.35. The van der Waals surface area contributed by atoms with Gasteiger partial charge in [0.15, 0.2) is 6.61 Å². The van der Waals surface area contributed by atoms with E-state index in [9.17, 15) is 9.59 Å². The normalized spacial score (nSPS) is 12.8. The average Bonchev–Trinajstić information content (AvgIpc) is 2.62. The minimum absolute atomic E-state index is 0.0112. The van der Waals surface area contributed by atoms with Crippen molar-refractivity contribution >= 4 is 17.6 Å². The molecule has 6 nitrogen and oxygen atoms in total. The number of benzene rings is 2. The smallest absolute Gasteiger partial charge is 0.326 e. The van der Waals surface area contributed by atoms with E-state index in [-0.39, 0.29) is 25.7 Å². The number of carbonyl (C=O) groups is 2. The fourth-order valence-electron chi connectivity index (χ4n) is 2.42. The number of nitriles is 1. The molecule has 1 heterocycles. The van der Waals surface area contributed by atoms with E-state index in [2.05, 4.69) is 0 Å². The number of fused-ring (bicyclic) bond motifs is 1. The van der Waals surface area contributed by atoms with Crippen molar-refractivity contribution in [3.63, 3.8) is 0 Å². The average molecular weight is 322 g/mol. The lowest BCUT2D eigenvalue weighted by Crippen LogP contribution is -2.42. The van der Waals surface area contributed by atoms with Crippen molar-refractivity contribution in [2.24, 2.45) is 0 Å². The van der Waals surface area contributed by atoms with Crippen molar-refractivity contribution < 1.29 is 19.1 Å². The molecule has 0 aromatic heterocycles. The van der Waals surface area contributed by atoms with Crippen molar-refractivity contribution in [2.75, 3.05) is 18.1 Å². The summed E-state index contributed by atoms with van der Waals surface area (Å²) >= 11 is 0. The lowest BCUT2D eigenvalue weighted by Gasteiger charge is -2.28. The maximum Gasteiger partial charge on any atom is 0.326 e. The Balaban J connectivity index is 1.67. The Kier molecular flexibility index (Phi) is 4.43. The van der Waals surface area contributed by atoms with E-state index in [1.807, 2.05) is 6.07 Å². The molecule has 6 heteroatoms.